The number of hydrogen-bond acceptors (Lipinski definition) is 24. The van der Waals surface area contributed by atoms with E-state index < -0.39 is 31.3 Å². The molecule has 8 heterocycles. The van der Waals surface area contributed by atoms with Crippen molar-refractivity contribution >= 4 is 105 Å². The first kappa shape index (κ1) is 67.9. The summed E-state index contributed by atoms with van der Waals surface area (Å²) in [5, 5.41) is 8.76. The molecule has 4 aliphatic rings. The third kappa shape index (κ3) is 17.4. The molecule has 0 bridgehead atoms. The van der Waals surface area contributed by atoms with Gasteiger partial charge in [0.25, 0.3) is 0 Å². The Bertz CT molecular complexity index is 4170. The maximum Gasteiger partial charge on any atom is 0.229 e. The average Bonchev–Trinajstić information content (AvgIpc) is 1.04. The zero-order valence-corrected chi connectivity index (χ0v) is 56.1. The SMILES string of the molecule is COc1cc(N2CCC(N3CCN(C)CC3)CC2)c(C)cc1N.COc1cc(N2CCC(N3CCN(C)CC3)CC2)c(C)cc1Nc1ncc(F)c(Nc2ccc3nccnc3c2CS(C)(=O)=O)n1.CS(=O)(=O)Cc1c(Nc2nc(Cl)ncc2F)ccc2nccnc12. The summed E-state index contributed by atoms with van der Waals surface area (Å²) in [5.41, 5.74) is 15.4. The summed E-state index contributed by atoms with van der Waals surface area (Å²) < 4.78 is 88.1. The summed E-state index contributed by atoms with van der Waals surface area (Å²) in [7, 11) is 0.902. The number of piperazine rings is 2. The van der Waals surface area contributed by atoms with Gasteiger partial charge >= 0.3 is 0 Å². The van der Waals surface area contributed by atoms with Crippen LogP contribution in [0.15, 0.2) is 85.7 Å². The van der Waals surface area contributed by atoms with Crippen LogP contribution in [0, 0.1) is 25.5 Å². The average molecular weight is 1340 g/mol. The Labute approximate surface area is 547 Å². The van der Waals surface area contributed by atoms with E-state index in [4.69, 9.17) is 26.8 Å². The highest BCUT2D eigenvalue weighted by molar-refractivity contribution is 7.90. The molecule has 12 rings (SSSR count). The minimum Gasteiger partial charge on any atom is -0.495 e. The van der Waals surface area contributed by atoms with E-state index in [1.807, 2.05) is 18.2 Å². The molecule has 4 aromatic heterocycles. The van der Waals surface area contributed by atoms with Gasteiger partial charge in [-0.25, -0.2) is 35.6 Å². The van der Waals surface area contributed by atoms with Crippen molar-refractivity contribution in [3.8, 4) is 11.5 Å². The van der Waals surface area contributed by atoms with E-state index in [1.165, 1.54) is 75.1 Å². The van der Waals surface area contributed by atoms with Gasteiger partial charge in [0.05, 0.1) is 71.6 Å². The Hall–Kier alpha value is -7.99. The molecule has 24 nitrogen and oxygen atoms in total. The van der Waals surface area contributed by atoms with Crippen LogP contribution in [0.2, 0.25) is 5.28 Å². The predicted molar refractivity (Wildman–Crippen MR) is 363 cm³/mol. The number of benzene rings is 4. The van der Waals surface area contributed by atoms with Crippen LogP contribution in [0.25, 0.3) is 22.1 Å². The Morgan fingerprint density at radius 1 is 0.548 bits per heavy atom. The summed E-state index contributed by atoms with van der Waals surface area (Å²) in [5.74, 6) is -0.741. The molecule has 29 heteroatoms. The fourth-order valence-corrected chi connectivity index (χ4v) is 14.1. The zero-order chi connectivity index (χ0) is 66.1. The minimum atomic E-state index is -3.44. The number of sulfone groups is 2. The summed E-state index contributed by atoms with van der Waals surface area (Å²) in [6, 6.07) is 16.1. The lowest BCUT2D eigenvalue weighted by atomic mass is 10.0. The van der Waals surface area contributed by atoms with Gasteiger partial charge in [-0.3, -0.25) is 29.7 Å². The normalized spacial score (nSPS) is 16.7. The van der Waals surface area contributed by atoms with Crippen LogP contribution < -0.4 is 41.0 Å². The number of methoxy groups -OCH3 is 2. The van der Waals surface area contributed by atoms with Crippen molar-refractivity contribution in [2.75, 3.05) is 151 Å². The molecular formula is C64H81ClF2N18O6S2. The number of rotatable bonds is 16. The summed E-state index contributed by atoms with van der Waals surface area (Å²) >= 11 is 5.68. The summed E-state index contributed by atoms with van der Waals surface area (Å²) in [6.07, 6.45) is 15.0. The standard InChI is InChI=1S/C32H40FN9O3S.C18H30N4O.C14H11ClFN5O2S/c1-21-17-27(29(45-3)18-28(21)42-11-7-22(8-12-42)41-15-13-40(2)14-16-41)38-32-36-19-24(33)31(39-32)37-25-5-6-26-30(35-10-9-34-26)23(25)20-46(4,43)44;1-14-12-16(19)18(23-3)13-17(14)22-6-4-15(5-7-22)21-10-8-20(2)9-11-21;1-24(22,23)7-8-10(2-3-11-12(8)18-5-4-17-11)20-13-9(16)6-19-14(15)21-13/h5-6,9-10,17-19,22H,7-8,11-16,20H2,1-4H3,(H2,36,37,38,39);12-13,15H,4-11,19H2,1-3H3;2-6H,7H2,1H3,(H,19,20,21). The Morgan fingerprint density at radius 2 is 0.978 bits per heavy atom. The smallest absolute Gasteiger partial charge is 0.229 e. The van der Waals surface area contributed by atoms with E-state index in [2.05, 4.69) is 119 Å². The highest BCUT2D eigenvalue weighted by atomic mass is 35.5. The molecule has 0 aliphatic carbocycles. The van der Waals surface area contributed by atoms with Gasteiger partial charge in [0.1, 0.15) is 11.5 Å². The van der Waals surface area contributed by atoms with Gasteiger partial charge in [-0.15, -0.1) is 0 Å². The van der Waals surface area contributed by atoms with E-state index in [-0.39, 0.29) is 34.4 Å². The minimum absolute atomic E-state index is 0.119. The van der Waals surface area contributed by atoms with Crippen LogP contribution in [0.1, 0.15) is 47.9 Å². The quantitative estimate of drug-likeness (QED) is 0.0522. The molecule has 0 amide bonds. The van der Waals surface area contributed by atoms with Crippen molar-refractivity contribution in [2.24, 2.45) is 0 Å². The molecule has 4 fully saturated rings. The van der Waals surface area contributed by atoms with Gasteiger partial charge in [0.15, 0.2) is 42.9 Å². The van der Waals surface area contributed by atoms with Crippen molar-refractivity contribution in [3.05, 3.63) is 125 Å². The number of aryl methyl sites for hydroxylation is 2. The van der Waals surface area contributed by atoms with Crippen molar-refractivity contribution < 1.29 is 35.1 Å². The topological polar surface area (TPSA) is 271 Å². The van der Waals surface area contributed by atoms with Gasteiger partial charge in [0.2, 0.25) is 11.2 Å². The van der Waals surface area contributed by atoms with Gasteiger partial charge in [0, 0.05) is 174 Å². The van der Waals surface area contributed by atoms with Gasteiger partial charge < -0.3 is 50.8 Å². The molecule has 93 heavy (non-hydrogen) atoms. The Morgan fingerprint density at radius 3 is 1.44 bits per heavy atom. The number of anilines is 9. The molecule has 4 aliphatic heterocycles. The fraction of sp³-hybridized carbons (Fsp3) is 0.438. The van der Waals surface area contributed by atoms with E-state index in [0.717, 1.165) is 119 Å². The Kier molecular flexibility index (Phi) is 21.9. The number of piperidine rings is 2. The number of hydrogen-bond donors (Lipinski definition) is 4. The van der Waals surface area contributed by atoms with Crippen molar-refractivity contribution in [1.29, 1.82) is 0 Å². The van der Waals surface area contributed by atoms with Crippen LogP contribution in [0.3, 0.4) is 0 Å². The molecule has 4 aromatic carbocycles. The predicted octanol–water partition coefficient (Wildman–Crippen LogP) is 8.43. The van der Waals surface area contributed by atoms with Crippen LogP contribution in [0.4, 0.5) is 60.5 Å². The molecule has 0 atom stereocenters. The monoisotopic (exact) mass is 1330 g/mol. The largest absolute Gasteiger partial charge is 0.495 e. The van der Waals surface area contributed by atoms with E-state index >= 15 is 4.39 Å². The molecule has 4 saturated heterocycles. The van der Waals surface area contributed by atoms with Gasteiger partial charge in [-0.05, 0) is 113 Å². The summed E-state index contributed by atoms with van der Waals surface area (Å²) in [6.45, 7) is 17.8. The fourth-order valence-electron chi connectivity index (χ4n) is 12.4. The highest BCUT2D eigenvalue weighted by Gasteiger charge is 2.30. The molecule has 8 aromatic rings. The number of likely N-dealkylation sites (N-methyl/N-ethyl adjacent to an activating group) is 2. The number of aromatic nitrogens is 8. The molecule has 5 N–H and O–H groups in total. The lowest BCUT2D eigenvalue weighted by molar-refractivity contribution is 0.0982. The lowest BCUT2D eigenvalue weighted by Gasteiger charge is -2.43. The number of ether oxygens (including phenoxy) is 2. The number of nitrogens with two attached hydrogens (primary N) is 1. The first-order chi connectivity index (χ1) is 44.5. The molecular weight excluding hydrogens is 1250 g/mol. The third-order valence-electron chi connectivity index (χ3n) is 17.3. The maximum atomic E-state index is 15.0. The molecule has 0 saturated carbocycles. The van der Waals surface area contributed by atoms with Gasteiger partial charge in [-0.2, -0.15) is 9.97 Å². The van der Waals surface area contributed by atoms with Crippen LogP contribution in [-0.2, 0) is 31.2 Å². The Balaban J connectivity index is 0.000000169. The van der Waals surface area contributed by atoms with E-state index in [1.54, 1.807) is 38.5 Å². The molecule has 0 spiro atoms. The first-order valence-corrected chi connectivity index (χ1v) is 35.3. The van der Waals surface area contributed by atoms with Crippen LogP contribution in [0.5, 0.6) is 11.5 Å². The second-order valence-corrected chi connectivity index (χ2v) is 28.7. The van der Waals surface area contributed by atoms with Crippen LogP contribution in [-0.4, -0.2) is 208 Å². The van der Waals surface area contributed by atoms with E-state index in [9.17, 15) is 21.2 Å². The van der Waals surface area contributed by atoms with Crippen molar-refractivity contribution in [3.63, 3.8) is 0 Å². The number of fused-ring (bicyclic) bond motifs is 2. The maximum absolute atomic E-state index is 15.0. The van der Waals surface area contributed by atoms with Gasteiger partial charge in [-0.1, -0.05) is 0 Å². The second kappa shape index (κ2) is 30.0. The molecule has 0 unspecified atom stereocenters. The zero-order valence-electron chi connectivity index (χ0n) is 53.7. The lowest BCUT2D eigenvalue weighted by Crippen LogP contribution is -2.52. The molecule has 496 valence electrons. The number of nitrogens with one attached hydrogen (secondary N) is 3. The van der Waals surface area contributed by atoms with E-state index in [0.29, 0.717) is 62.0 Å². The second-order valence-electron chi connectivity index (χ2n) is 24.1. The number of halogens is 3. The van der Waals surface area contributed by atoms with Crippen LogP contribution >= 0.6 is 11.6 Å². The molecule has 0 radical (unpaired) electrons. The number of nitrogens with zero attached hydrogens (tertiary/aromatic N) is 14. The third-order valence-corrected chi connectivity index (χ3v) is 19.1. The highest BCUT2D eigenvalue weighted by Crippen LogP contribution is 2.38. The summed E-state index contributed by atoms with van der Waals surface area (Å²) in [4.78, 5) is 47.8. The van der Waals surface area contributed by atoms with Crippen molar-refractivity contribution in [2.45, 2.75) is 63.1 Å². The van der Waals surface area contributed by atoms with Crippen molar-refractivity contribution in [1.82, 2.24) is 59.5 Å². The first-order valence-electron chi connectivity index (χ1n) is 30.8. The number of nitrogen functional groups attached to an aromatic ring is 1.